The molecule has 0 radical (unpaired) electrons. The number of hydrogen-bond donors (Lipinski definition) is 2. The number of hydrogen-bond acceptors (Lipinski definition) is 3. The van der Waals surface area contributed by atoms with Gasteiger partial charge in [0.1, 0.15) is 0 Å². The van der Waals surface area contributed by atoms with Crippen molar-refractivity contribution in [2.24, 2.45) is 0 Å². The van der Waals surface area contributed by atoms with Crippen LogP contribution < -0.4 is 10.6 Å². The van der Waals surface area contributed by atoms with Gasteiger partial charge in [-0.05, 0) is 94.4 Å². The predicted octanol–water partition coefficient (Wildman–Crippen LogP) is 10.2. The van der Waals surface area contributed by atoms with Gasteiger partial charge in [-0.3, -0.25) is 0 Å². The fourth-order valence-electron chi connectivity index (χ4n) is 3.05. The normalized spacial score (nSPS) is 13.2. The van der Waals surface area contributed by atoms with Gasteiger partial charge in [-0.2, -0.15) is 0 Å². The van der Waals surface area contributed by atoms with Gasteiger partial charge in [-0.1, -0.05) is 78.4 Å². The van der Waals surface area contributed by atoms with Crippen LogP contribution in [0.1, 0.15) is 80.9 Å². The molecule has 2 aliphatic heterocycles. The Balaban J connectivity index is 0. The quantitative estimate of drug-likeness (QED) is 0.383. The molecule has 2 heterocycles. The van der Waals surface area contributed by atoms with Crippen LogP contribution in [0, 0.1) is 0 Å². The predicted molar refractivity (Wildman–Crippen MR) is 164 cm³/mol. The molecular weight excluding hydrogens is 447 g/mol. The van der Waals surface area contributed by atoms with Crippen molar-refractivity contribution in [3.8, 4) is 0 Å². The van der Waals surface area contributed by atoms with E-state index in [4.69, 9.17) is 0 Å². The number of rotatable bonds is 1. The highest BCUT2D eigenvalue weighted by Crippen LogP contribution is 2.34. The van der Waals surface area contributed by atoms with Crippen molar-refractivity contribution < 1.29 is 4.57 Å². The lowest BCUT2D eigenvalue weighted by Gasteiger charge is -2.20. The van der Waals surface area contributed by atoms with Crippen molar-refractivity contribution in [3.63, 3.8) is 0 Å². The van der Waals surface area contributed by atoms with E-state index < -0.39 is 7.14 Å². The van der Waals surface area contributed by atoms with Gasteiger partial charge < -0.3 is 15.2 Å². The fraction of sp³-hybridized carbons (Fsp3) is 0.484. The third kappa shape index (κ3) is 12.9. The molecule has 0 unspecified atom stereocenters. The minimum absolute atomic E-state index is 0. The lowest BCUT2D eigenvalue weighted by molar-refractivity contribution is 0.583. The molecule has 0 amide bonds. The highest BCUT2D eigenvalue weighted by Gasteiger charge is 2.11. The van der Waals surface area contributed by atoms with Crippen molar-refractivity contribution in [3.05, 3.63) is 82.2 Å². The van der Waals surface area contributed by atoms with Crippen molar-refractivity contribution in [2.75, 3.05) is 30.1 Å². The van der Waals surface area contributed by atoms with E-state index in [1.54, 1.807) is 13.3 Å². The topological polar surface area (TPSA) is 41.1 Å². The monoisotopic (exact) mass is 500 g/mol. The maximum atomic E-state index is 10.6. The Hall–Kier alpha value is -2.25. The van der Waals surface area contributed by atoms with E-state index >= 15 is 0 Å². The number of nitrogens with one attached hydrogen (secondary N) is 2. The smallest absolute Gasteiger partial charge is 0.0816 e. The molecule has 4 heteroatoms. The van der Waals surface area contributed by atoms with Crippen molar-refractivity contribution in [2.45, 2.75) is 82.6 Å². The second-order valence-electron chi connectivity index (χ2n) is 9.33. The van der Waals surface area contributed by atoms with Crippen LogP contribution in [-0.2, 0) is 17.4 Å². The fourth-order valence-corrected chi connectivity index (χ4v) is 3.05. The molecule has 4 rings (SSSR count). The molecule has 0 aromatic heterocycles. The van der Waals surface area contributed by atoms with Crippen molar-refractivity contribution in [1.82, 2.24) is 0 Å². The molecule has 0 saturated heterocycles. The maximum Gasteiger partial charge on any atom is 0.0816 e. The lowest BCUT2D eigenvalue weighted by atomic mass is 9.99. The van der Waals surface area contributed by atoms with Gasteiger partial charge in [0, 0.05) is 22.8 Å². The molecule has 3 nitrogen and oxygen atoms in total. The van der Waals surface area contributed by atoms with E-state index in [1.165, 1.54) is 51.5 Å². The third-order valence-corrected chi connectivity index (χ3v) is 7.16. The van der Waals surface area contributed by atoms with E-state index in [0.29, 0.717) is 0 Å². The van der Waals surface area contributed by atoms with Crippen molar-refractivity contribution in [1.29, 1.82) is 0 Å². The second kappa shape index (κ2) is 17.2. The SMILES string of the molecule is C.C.CC1=C(C)Nc2ccccc2C1.CC1=C(C)Nc2ccccc2C1.CCC.CCP(C)(C)=O. The summed E-state index contributed by atoms with van der Waals surface area (Å²) in [5.74, 6) is 0. The van der Waals surface area contributed by atoms with Crippen LogP contribution in [-0.4, -0.2) is 19.5 Å². The minimum Gasteiger partial charge on any atom is -0.359 e. The summed E-state index contributed by atoms with van der Waals surface area (Å²) in [7, 11) is -1.65. The number of allylic oxidation sites excluding steroid dienone is 4. The van der Waals surface area contributed by atoms with Crippen LogP contribution in [0.4, 0.5) is 11.4 Å². The molecule has 198 valence electrons. The molecule has 0 atom stereocenters. The van der Waals surface area contributed by atoms with Gasteiger partial charge in [0.05, 0.1) is 7.14 Å². The summed E-state index contributed by atoms with van der Waals surface area (Å²) in [6.45, 7) is 18.4. The summed E-state index contributed by atoms with van der Waals surface area (Å²) in [6.07, 6.45) is 4.26. The average Bonchev–Trinajstić information content (AvgIpc) is 2.76. The van der Waals surface area contributed by atoms with Crippen molar-refractivity contribution >= 4 is 18.5 Å². The van der Waals surface area contributed by atoms with Crippen LogP contribution in [0.2, 0.25) is 0 Å². The zero-order valence-electron chi connectivity index (χ0n) is 22.3. The third-order valence-electron chi connectivity index (χ3n) is 5.63. The van der Waals surface area contributed by atoms with Crippen LogP contribution in [0.25, 0.3) is 0 Å². The van der Waals surface area contributed by atoms with Crippen LogP contribution >= 0.6 is 7.14 Å². The summed E-state index contributed by atoms with van der Waals surface area (Å²) in [5, 5.41) is 6.78. The van der Waals surface area contributed by atoms with Gasteiger partial charge in [0.25, 0.3) is 0 Å². The first-order valence-corrected chi connectivity index (χ1v) is 14.9. The first-order chi connectivity index (χ1) is 15.5. The van der Waals surface area contributed by atoms with Gasteiger partial charge in [-0.15, -0.1) is 0 Å². The molecular formula is C31H53N2OP. The summed E-state index contributed by atoms with van der Waals surface area (Å²) < 4.78 is 10.6. The van der Waals surface area contributed by atoms with Crippen LogP contribution in [0.5, 0.6) is 0 Å². The highest BCUT2D eigenvalue weighted by molar-refractivity contribution is 7.62. The van der Waals surface area contributed by atoms with E-state index in [1.807, 2.05) is 6.92 Å². The molecule has 2 N–H and O–H groups in total. The zero-order chi connectivity index (χ0) is 25.0. The maximum absolute atomic E-state index is 10.6. The molecule has 2 aromatic carbocycles. The largest absolute Gasteiger partial charge is 0.359 e. The molecule has 0 spiro atoms. The van der Waals surface area contributed by atoms with Gasteiger partial charge in [-0.25, -0.2) is 0 Å². The van der Waals surface area contributed by atoms with E-state index in [0.717, 1.165) is 19.0 Å². The molecule has 0 fully saturated rings. The zero-order valence-corrected chi connectivity index (χ0v) is 23.2. The Labute approximate surface area is 217 Å². The summed E-state index contributed by atoms with van der Waals surface area (Å²) in [6, 6.07) is 16.9. The Morgan fingerprint density at radius 1 is 0.686 bits per heavy atom. The van der Waals surface area contributed by atoms with Gasteiger partial charge in [0.2, 0.25) is 0 Å². The van der Waals surface area contributed by atoms with E-state index in [2.05, 4.69) is 101 Å². The molecule has 2 aromatic rings. The number of benzene rings is 2. The first kappa shape index (κ1) is 34.9. The standard InChI is InChI=1S/2C11H13N.C4H11OP.C3H8.2CH4/c2*1-8-7-10-5-3-4-6-11(10)12-9(8)2;1-4-6(2,3)5;1-3-2;;/h2*3-6,12H,7H2,1-2H3;4H2,1-3H3;3H2,1-2H3;2*1H4. The Bertz CT molecular complexity index is 863. The minimum atomic E-state index is -1.65. The Kier molecular flexibility index (Phi) is 17.2. The second-order valence-corrected chi connectivity index (χ2v) is 13.1. The first-order valence-electron chi connectivity index (χ1n) is 12.1. The molecule has 35 heavy (non-hydrogen) atoms. The average molecular weight is 501 g/mol. The highest BCUT2D eigenvalue weighted by atomic mass is 31.2. The Morgan fingerprint density at radius 3 is 1.26 bits per heavy atom. The number of para-hydroxylation sites is 2. The Morgan fingerprint density at radius 2 is 0.971 bits per heavy atom. The van der Waals surface area contributed by atoms with Crippen LogP contribution in [0.15, 0.2) is 71.1 Å². The molecule has 0 aliphatic carbocycles. The lowest BCUT2D eigenvalue weighted by Crippen LogP contribution is -2.08. The number of fused-ring (bicyclic) bond motifs is 2. The summed E-state index contributed by atoms with van der Waals surface area (Å²) >= 11 is 0. The molecule has 0 bridgehead atoms. The van der Waals surface area contributed by atoms with E-state index in [9.17, 15) is 4.57 Å². The molecule has 0 saturated carbocycles. The van der Waals surface area contributed by atoms with Crippen LogP contribution in [0.3, 0.4) is 0 Å². The summed E-state index contributed by atoms with van der Waals surface area (Å²) in [5.41, 5.74) is 10.8. The van der Waals surface area contributed by atoms with Gasteiger partial charge >= 0.3 is 0 Å². The number of anilines is 2. The van der Waals surface area contributed by atoms with E-state index in [-0.39, 0.29) is 14.9 Å². The van der Waals surface area contributed by atoms with Gasteiger partial charge in [0.15, 0.2) is 0 Å². The molecule has 2 aliphatic rings. The summed E-state index contributed by atoms with van der Waals surface area (Å²) in [4.78, 5) is 0.